The van der Waals surface area contributed by atoms with Gasteiger partial charge in [0.15, 0.2) is 0 Å². The maximum Gasteiger partial charge on any atom is 0.220 e. The van der Waals surface area contributed by atoms with Crippen molar-refractivity contribution in [3.05, 3.63) is 35.6 Å². The molecule has 0 spiro atoms. The van der Waals surface area contributed by atoms with Gasteiger partial charge in [-0.15, -0.1) is 0 Å². The minimum Gasteiger partial charge on any atom is -0.356 e. The lowest BCUT2D eigenvalue weighted by atomic mass is 9.85. The fraction of sp³-hybridized carbons (Fsp3) is 0.556. The zero-order chi connectivity index (χ0) is 17.2. The highest BCUT2D eigenvalue weighted by Crippen LogP contribution is 2.27. The molecule has 2 N–H and O–H groups in total. The molecule has 0 saturated heterocycles. The van der Waals surface area contributed by atoms with Gasteiger partial charge in [-0.3, -0.25) is 9.59 Å². The summed E-state index contributed by atoms with van der Waals surface area (Å²) in [6, 6.07) is 6.37. The number of carbonyl (C=O) groups is 2. The van der Waals surface area contributed by atoms with Crippen LogP contribution in [0, 0.1) is 11.7 Å². The quantitative estimate of drug-likeness (QED) is 0.687. The summed E-state index contributed by atoms with van der Waals surface area (Å²) in [5, 5.41) is 5.64. The Morgan fingerprint density at radius 3 is 2.13 bits per heavy atom. The number of benzene rings is 1. The number of carbonyl (C=O) groups excluding carboxylic acids is 2. The van der Waals surface area contributed by atoms with Crippen LogP contribution in [0.15, 0.2) is 24.3 Å². The summed E-state index contributed by atoms with van der Waals surface area (Å²) >= 11 is 0. The average Bonchev–Trinajstić information content (AvgIpc) is 2.49. The Morgan fingerprint density at radius 1 is 1.04 bits per heavy atom. The van der Waals surface area contributed by atoms with E-state index >= 15 is 0 Å². The van der Waals surface area contributed by atoms with E-state index in [2.05, 4.69) is 24.5 Å². The van der Waals surface area contributed by atoms with E-state index in [4.69, 9.17) is 0 Å². The molecule has 0 radical (unpaired) electrons. The maximum absolute atomic E-state index is 13.0. The van der Waals surface area contributed by atoms with Crippen LogP contribution in [0.3, 0.4) is 0 Å². The molecule has 1 aromatic rings. The number of unbranched alkanes of at least 4 members (excludes halogenated alkanes) is 1. The van der Waals surface area contributed by atoms with Crippen molar-refractivity contribution in [3.63, 3.8) is 0 Å². The normalized spacial score (nSPS) is 12.0. The van der Waals surface area contributed by atoms with Crippen molar-refractivity contribution >= 4 is 11.8 Å². The lowest BCUT2D eigenvalue weighted by Gasteiger charge is -2.21. The van der Waals surface area contributed by atoms with Crippen LogP contribution >= 0.6 is 0 Å². The monoisotopic (exact) mass is 322 g/mol. The van der Waals surface area contributed by atoms with Gasteiger partial charge in [0.05, 0.1) is 0 Å². The second kappa shape index (κ2) is 9.98. The van der Waals surface area contributed by atoms with Crippen molar-refractivity contribution in [2.24, 2.45) is 5.92 Å². The molecule has 0 bridgehead atoms. The maximum atomic E-state index is 13.0. The Morgan fingerprint density at radius 2 is 1.61 bits per heavy atom. The Balaban J connectivity index is 2.37. The number of rotatable bonds is 9. The van der Waals surface area contributed by atoms with Gasteiger partial charge in [0.1, 0.15) is 5.82 Å². The van der Waals surface area contributed by atoms with E-state index in [0.717, 1.165) is 18.4 Å². The van der Waals surface area contributed by atoms with E-state index in [1.54, 1.807) is 12.1 Å². The van der Waals surface area contributed by atoms with Crippen LogP contribution in [-0.4, -0.2) is 24.9 Å². The molecule has 128 valence electrons. The van der Waals surface area contributed by atoms with Gasteiger partial charge in [0.25, 0.3) is 0 Å². The standard InChI is InChI=1S/C18H27FN2O2/c1-13(2)17(15-6-8-16(19)9-7-15)12-18(23)21-11-5-4-10-20-14(3)22/h6-9,13,17H,4-5,10-12H2,1-3H3,(H,20,22)(H,21,23). The molecule has 0 aliphatic carbocycles. The number of amides is 2. The van der Waals surface area contributed by atoms with Crippen LogP contribution < -0.4 is 10.6 Å². The average molecular weight is 322 g/mol. The highest BCUT2D eigenvalue weighted by Gasteiger charge is 2.19. The molecule has 2 amide bonds. The predicted molar refractivity (Wildman–Crippen MR) is 89.5 cm³/mol. The third kappa shape index (κ3) is 7.77. The lowest BCUT2D eigenvalue weighted by Crippen LogP contribution is -2.28. The number of hydrogen-bond acceptors (Lipinski definition) is 2. The molecular weight excluding hydrogens is 295 g/mol. The van der Waals surface area contributed by atoms with Gasteiger partial charge in [-0.2, -0.15) is 0 Å². The molecule has 1 atom stereocenters. The van der Waals surface area contributed by atoms with E-state index in [1.165, 1.54) is 19.1 Å². The second-order valence-corrected chi connectivity index (χ2v) is 6.15. The SMILES string of the molecule is CC(=O)NCCCCNC(=O)CC(c1ccc(F)cc1)C(C)C. The third-order valence-corrected chi connectivity index (χ3v) is 3.81. The van der Waals surface area contributed by atoms with Crippen molar-refractivity contribution in [1.82, 2.24) is 10.6 Å². The summed E-state index contributed by atoms with van der Waals surface area (Å²) < 4.78 is 13.0. The van der Waals surface area contributed by atoms with E-state index in [-0.39, 0.29) is 23.5 Å². The van der Waals surface area contributed by atoms with Crippen molar-refractivity contribution in [2.75, 3.05) is 13.1 Å². The molecule has 0 aliphatic heterocycles. The fourth-order valence-corrected chi connectivity index (χ4v) is 2.46. The van der Waals surface area contributed by atoms with Gasteiger partial charge in [0.2, 0.25) is 11.8 Å². The topological polar surface area (TPSA) is 58.2 Å². The Labute approximate surface area is 137 Å². The number of hydrogen-bond donors (Lipinski definition) is 2. The van der Waals surface area contributed by atoms with Crippen molar-refractivity contribution in [1.29, 1.82) is 0 Å². The van der Waals surface area contributed by atoms with E-state index < -0.39 is 0 Å². The molecule has 5 heteroatoms. The summed E-state index contributed by atoms with van der Waals surface area (Å²) in [6.07, 6.45) is 2.06. The van der Waals surface area contributed by atoms with Gasteiger partial charge < -0.3 is 10.6 Å². The summed E-state index contributed by atoms with van der Waals surface area (Å²) in [5.74, 6) is 0.0847. The molecule has 0 aromatic heterocycles. The van der Waals surface area contributed by atoms with Crippen LogP contribution in [0.1, 0.15) is 51.5 Å². The fourth-order valence-electron chi connectivity index (χ4n) is 2.46. The highest BCUT2D eigenvalue weighted by atomic mass is 19.1. The van der Waals surface area contributed by atoms with E-state index in [1.807, 2.05) is 0 Å². The molecule has 1 rings (SSSR count). The first-order valence-corrected chi connectivity index (χ1v) is 8.16. The lowest BCUT2D eigenvalue weighted by molar-refractivity contribution is -0.122. The first-order chi connectivity index (χ1) is 10.9. The smallest absolute Gasteiger partial charge is 0.220 e. The van der Waals surface area contributed by atoms with Crippen LogP contribution in [0.25, 0.3) is 0 Å². The predicted octanol–water partition coefficient (Wildman–Crippen LogP) is 2.99. The van der Waals surface area contributed by atoms with Crippen LogP contribution in [-0.2, 0) is 9.59 Å². The highest BCUT2D eigenvalue weighted by molar-refractivity contribution is 5.76. The zero-order valence-electron chi connectivity index (χ0n) is 14.2. The first kappa shape index (κ1) is 19.1. The van der Waals surface area contributed by atoms with Gasteiger partial charge in [-0.1, -0.05) is 26.0 Å². The van der Waals surface area contributed by atoms with Gasteiger partial charge in [-0.25, -0.2) is 4.39 Å². The van der Waals surface area contributed by atoms with Gasteiger partial charge in [0, 0.05) is 26.4 Å². The molecule has 0 saturated carbocycles. The van der Waals surface area contributed by atoms with Crippen LogP contribution in [0.4, 0.5) is 4.39 Å². The molecule has 0 fully saturated rings. The number of nitrogens with one attached hydrogen (secondary N) is 2. The Kier molecular flexibility index (Phi) is 8.30. The molecule has 23 heavy (non-hydrogen) atoms. The summed E-state index contributed by atoms with van der Waals surface area (Å²) in [5.41, 5.74) is 0.988. The van der Waals surface area contributed by atoms with Crippen LogP contribution in [0.5, 0.6) is 0 Å². The summed E-state index contributed by atoms with van der Waals surface area (Å²) in [7, 11) is 0. The largest absolute Gasteiger partial charge is 0.356 e. The summed E-state index contributed by atoms with van der Waals surface area (Å²) in [4.78, 5) is 22.8. The second-order valence-electron chi connectivity index (χ2n) is 6.15. The molecule has 1 unspecified atom stereocenters. The molecule has 4 nitrogen and oxygen atoms in total. The number of halogens is 1. The summed E-state index contributed by atoms with van der Waals surface area (Å²) in [6.45, 7) is 6.86. The van der Waals surface area contributed by atoms with Crippen molar-refractivity contribution in [3.8, 4) is 0 Å². The molecule has 0 aliphatic rings. The third-order valence-electron chi connectivity index (χ3n) is 3.81. The van der Waals surface area contributed by atoms with Crippen LogP contribution in [0.2, 0.25) is 0 Å². The molecule has 1 aromatic carbocycles. The minimum absolute atomic E-state index is 0.00699. The van der Waals surface area contributed by atoms with Gasteiger partial charge >= 0.3 is 0 Å². The van der Waals surface area contributed by atoms with Crippen molar-refractivity contribution in [2.45, 2.75) is 46.0 Å². The molecular formula is C18H27FN2O2. The van der Waals surface area contributed by atoms with E-state index in [0.29, 0.717) is 25.4 Å². The Bertz CT molecular complexity index is 500. The minimum atomic E-state index is -0.264. The Hall–Kier alpha value is -1.91. The van der Waals surface area contributed by atoms with Gasteiger partial charge in [-0.05, 0) is 42.4 Å². The molecule has 0 heterocycles. The van der Waals surface area contributed by atoms with Crippen molar-refractivity contribution < 1.29 is 14.0 Å². The zero-order valence-corrected chi connectivity index (χ0v) is 14.2. The van der Waals surface area contributed by atoms with E-state index in [9.17, 15) is 14.0 Å². The first-order valence-electron chi connectivity index (χ1n) is 8.16.